The zero-order valence-corrected chi connectivity index (χ0v) is 12.9. The molecule has 2 fully saturated rings. The van der Waals surface area contributed by atoms with Crippen LogP contribution in [0.3, 0.4) is 0 Å². The topological polar surface area (TPSA) is 28.2 Å². The Morgan fingerprint density at radius 3 is 2.70 bits per heavy atom. The van der Waals surface area contributed by atoms with Crippen molar-refractivity contribution in [2.45, 2.75) is 63.6 Å². The van der Waals surface area contributed by atoms with Gasteiger partial charge in [0.1, 0.15) is 0 Å². The van der Waals surface area contributed by atoms with Crippen LogP contribution in [-0.2, 0) is 6.54 Å². The Kier molecular flexibility index (Phi) is 3.83. The zero-order valence-electron chi connectivity index (χ0n) is 12.9. The van der Waals surface area contributed by atoms with Gasteiger partial charge in [-0.2, -0.15) is 0 Å². The molecule has 1 spiro atoms. The van der Waals surface area contributed by atoms with Crippen LogP contribution in [-0.4, -0.2) is 34.1 Å². The van der Waals surface area contributed by atoms with Crippen molar-refractivity contribution in [3.8, 4) is 0 Å². The van der Waals surface area contributed by atoms with E-state index in [1.54, 1.807) is 0 Å². The summed E-state index contributed by atoms with van der Waals surface area (Å²) in [5.41, 5.74) is 1.78. The molecule has 0 bridgehead atoms. The largest absolute Gasteiger partial charge is 0.309 e. The van der Waals surface area contributed by atoms with Crippen molar-refractivity contribution >= 4 is 0 Å². The summed E-state index contributed by atoms with van der Waals surface area (Å²) in [6.45, 7) is 7.87. The molecule has 1 saturated carbocycles. The first-order valence-corrected chi connectivity index (χ1v) is 8.00. The van der Waals surface area contributed by atoms with Crippen molar-refractivity contribution in [2.75, 3.05) is 13.1 Å². The second-order valence-electron chi connectivity index (χ2n) is 7.20. The van der Waals surface area contributed by atoms with Crippen LogP contribution in [0.5, 0.6) is 0 Å². The summed E-state index contributed by atoms with van der Waals surface area (Å²) in [5, 5.41) is 3.77. The molecule has 3 nitrogen and oxygen atoms in total. The molecule has 0 radical (unpaired) electrons. The maximum absolute atomic E-state index is 4.54. The van der Waals surface area contributed by atoms with Gasteiger partial charge in [0.05, 0.1) is 5.69 Å². The minimum absolute atomic E-state index is 0.206. The second-order valence-corrected chi connectivity index (χ2v) is 7.20. The second kappa shape index (κ2) is 5.45. The third-order valence-corrected chi connectivity index (χ3v) is 5.02. The molecule has 110 valence electrons. The summed E-state index contributed by atoms with van der Waals surface area (Å²) in [6.07, 6.45) is 8.74. The van der Waals surface area contributed by atoms with Gasteiger partial charge < -0.3 is 5.32 Å². The molecular weight excluding hydrogens is 246 g/mol. The number of hydrogen-bond donors (Lipinski definition) is 1. The first-order chi connectivity index (χ1) is 9.60. The van der Waals surface area contributed by atoms with Gasteiger partial charge >= 0.3 is 0 Å². The van der Waals surface area contributed by atoms with Gasteiger partial charge in [0.2, 0.25) is 0 Å². The number of nitrogens with zero attached hydrogens (tertiary/aromatic N) is 2. The Bertz CT molecular complexity index is 435. The number of pyridine rings is 1. The van der Waals surface area contributed by atoms with Crippen molar-refractivity contribution in [3.05, 3.63) is 30.1 Å². The molecule has 2 aliphatic rings. The Balaban J connectivity index is 1.81. The lowest BCUT2D eigenvalue weighted by atomic mass is 9.77. The van der Waals surface area contributed by atoms with Crippen LogP contribution >= 0.6 is 0 Å². The number of piperazine rings is 1. The molecule has 1 saturated heterocycles. The van der Waals surface area contributed by atoms with Crippen LogP contribution < -0.4 is 5.32 Å². The molecule has 1 aromatic rings. The highest BCUT2D eigenvalue weighted by molar-refractivity contribution is 5.09. The predicted molar refractivity (Wildman–Crippen MR) is 82.5 cm³/mol. The van der Waals surface area contributed by atoms with Gasteiger partial charge in [-0.15, -0.1) is 0 Å². The molecule has 0 atom stereocenters. The molecule has 3 heteroatoms. The van der Waals surface area contributed by atoms with Gasteiger partial charge in [-0.25, -0.2) is 0 Å². The molecule has 2 heterocycles. The summed E-state index contributed by atoms with van der Waals surface area (Å²) < 4.78 is 0. The highest BCUT2D eigenvalue weighted by Crippen LogP contribution is 2.37. The lowest BCUT2D eigenvalue weighted by molar-refractivity contribution is -0.0169. The number of hydrogen-bond acceptors (Lipinski definition) is 3. The standard InChI is InChI=1S/C17H27N3/c1-16(2)14-20(12-15-8-4-7-11-18-15)17(13-19-16)9-5-3-6-10-17/h4,7-8,11,19H,3,5-6,9-10,12-14H2,1-2H3. The molecule has 20 heavy (non-hydrogen) atoms. The highest BCUT2D eigenvalue weighted by Gasteiger charge is 2.44. The molecule has 1 aliphatic heterocycles. The minimum atomic E-state index is 0.206. The van der Waals surface area contributed by atoms with Crippen LogP contribution in [0.25, 0.3) is 0 Å². The van der Waals surface area contributed by atoms with E-state index < -0.39 is 0 Å². The lowest BCUT2D eigenvalue weighted by Gasteiger charge is -2.54. The fourth-order valence-electron chi connectivity index (χ4n) is 3.83. The Labute approximate surface area is 122 Å². The average Bonchev–Trinajstić information content (AvgIpc) is 2.46. The molecule has 0 amide bonds. The van der Waals surface area contributed by atoms with Crippen LogP contribution in [0.15, 0.2) is 24.4 Å². The van der Waals surface area contributed by atoms with Crippen molar-refractivity contribution in [1.29, 1.82) is 0 Å². The monoisotopic (exact) mass is 273 g/mol. The summed E-state index contributed by atoms with van der Waals surface area (Å²) in [4.78, 5) is 7.25. The molecular formula is C17H27N3. The third kappa shape index (κ3) is 2.89. The van der Waals surface area contributed by atoms with E-state index in [1.165, 1.54) is 37.8 Å². The summed E-state index contributed by atoms with van der Waals surface area (Å²) in [5.74, 6) is 0. The van der Waals surface area contributed by atoms with E-state index >= 15 is 0 Å². The summed E-state index contributed by atoms with van der Waals surface area (Å²) >= 11 is 0. The lowest BCUT2D eigenvalue weighted by Crippen LogP contribution is -2.68. The van der Waals surface area contributed by atoms with Crippen molar-refractivity contribution < 1.29 is 0 Å². The quantitative estimate of drug-likeness (QED) is 0.898. The van der Waals surface area contributed by atoms with Crippen LogP contribution in [0.1, 0.15) is 51.6 Å². The van der Waals surface area contributed by atoms with Gasteiger partial charge in [0.15, 0.2) is 0 Å². The maximum Gasteiger partial charge on any atom is 0.0544 e. The van der Waals surface area contributed by atoms with Gasteiger partial charge in [0.25, 0.3) is 0 Å². The fourth-order valence-corrected chi connectivity index (χ4v) is 3.83. The van der Waals surface area contributed by atoms with E-state index in [0.29, 0.717) is 5.54 Å². The summed E-state index contributed by atoms with van der Waals surface area (Å²) in [6, 6.07) is 6.26. The Morgan fingerprint density at radius 1 is 1.20 bits per heavy atom. The maximum atomic E-state index is 4.54. The number of nitrogens with one attached hydrogen (secondary N) is 1. The zero-order chi connectivity index (χ0) is 14.1. The first kappa shape index (κ1) is 14.0. The Morgan fingerprint density at radius 2 is 2.00 bits per heavy atom. The number of aromatic nitrogens is 1. The van der Waals surface area contributed by atoms with E-state index in [1.807, 2.05) is 12.3 Å². The number of rotatable bonds is 2. The van der Waals surface area contributed by atoms with Gasteiger partial charge in [-0.05, 0) is 38.8 Å². The molecule has 1 aromatic heterocycles. The highest BCUT2D eigenvalue weighted by atomic mass is 15.3. The van der Waals surface area contributed by atoms with E-state index in [4.69, 9.17) is 0 Å². The minimum Gasteiger partial charge on any atom is -0.309 e. The predicted octanol–water partition coefficient (Wildman–Crippen LogP) is 2.97. The van der Waals surface area contributed by atoms with Gasteiger partial charge in [-0.3, -0.25) is 9.88 Å². The normalized spacial score (nSPS) is 25.7. The first-order valence-electron chi connectivity index (χ1n) is 8.00. The van der Waals surface area contributed by atoms with E-state index in [-0.39, 0.29) is 5.54 Å². The Hall–Kier alpha value is -0.930. The van der Waals surface area contributed by atoms with Gasteiger partial charge in [0, 0.05) is 36.9 Å². The molecule has 3 rings (SSSR count). The molecule has 0 unspecified atom stereocenters. The van der Waals surface area contributed by atoms with Crippen LogP contribution in [0, 0.1) is 0 Å². The smallest absolute Gasteiger partial charge is 0.0544 e. The van der Waals surface area contributed by atoms with Crippen molar-refractivity contribution in [2.24, 2.45) is 0 Å². The summed E-state index contributed by atoms with van der Waals surface area (Å²) in [7, 11) is 0. The van der Waals surface area contributed by atoms with E-state index in [2.05, 4.69) is 41.2 Å². The van der Waals surface area contributed by atoms with E-state index in [0.717, 1.165) is 19.6 Å². The van der Waals surface area contributed by atoms with Crippen LogP contribution in [0.2, 0.25) is 0 Å². The SMILES string of the molecule is CC1(C)CN(Cc2ccccn2)C2(CCCCC2)CN1. The van der Waals surface area contributed by atoms with Crippen molar-refractivity contribution in [3.63, 3.8) is 0 Å². The average molecular weight is 273 g/mol. The van der Waals surface area contributed by atoms with Gasteiger partial charge in [-0.1, -0.05) is 25.3 Å². The van der Waals surface area contributed by atoms with Crippen molar-refractivity contribution in [1.82, 2.24) is 15.2 Å². The molecule has 0 aromatic carbocycles. The molecule has 1 N–H and O–H groups in total. The van der Waals surface area contributed by atoms with E-state index in [9.17, 15) is 0 Å². The third-order valence-electron chi connectivity index (χ3n) is 5.02. The van der Waals surface area contributed by atoms with Crippen LogP contribution in [0.4, 0.5) is 0 Å². The fraction of sp³-hybridized carbons (Fsp3) is 0.706. The molecule has 1 aliphatic carbocycles.